The molecule has 0 aromatic carbocycles. The van der Waals surface area contributed by atoms with Crippen molar-refractivity contribution in [2.45, 2.75) is 59.3 Å². The lowest BCUT2D eigenvalue weighted by Gasteiger charge is -2.26. The molecule has 4 heteroatoms. The van der Waals surface area contributed by atoms with Gasteiger partial charge in [-0.2, -0.15) is 0 Å². The monoisotopic (exact) mass is 309 g/mol. The molecule has 0 unspecified atom stereocenters. The van der Waals surface area contributed by atoms with Crippen molar-refractivity contribution in [3.05, 3.63) is 11.6 Å². The van der Waals surface area contributed by atoms with Gasteiger partial charge in [-0.3, -0.25) is 4.99 Å². The third-order valence-electron chi connectivity index (χ3n) is 4.21. The minimum atomic E-state index is 0.316. The molecule has 0 bridgehead atoms. The molecule has 1 heterocycles. The Morgan fingerprint density at radius 2 is 2.14 bits per heavy atom. The van der Waals surface area contributed by atoms with E-state index in [1.807, 2.05) is 7.05 Å². The Kier molecular flexibility index (Phi) is 9.21. The summed E-state index contributed by atoms with van der Waals surface area (Å²) in [6, 6.07) is 0. The normalized spacial score (nSPS) is 16.4. The van der Waals surface area contributed by atoms with Crippen LogP contribution in [0.1, 0.15) is 59.3 Å². The van der Waals surface area contributed by atoms with Crippen LogP contribution in [0.3, 0.4) is 0 Å². The van der Waals surface area contributed by atoms with E-state index in [4.69, 9.17) is 4.74 Å². The highest BCUT2D eigenvalue weighted by molar-refractivity contribution is 5.79. The molecule has 0 fully saturated rings. The largest absolute Gasteiger partial charge is 0.377 e. The van der Waals surface area contributed by atoms with Crippen LogP contribution in [0.25, 0.3) is 0 Å². The van der Waals surface area contributed by atoms with Crippen LogP contribution in [0.5, 0.6) is 0 Å². The van der Waals surface area contributed by atoms with Crippen LogP contribution in [0.2, 0.25) is 0 Å². The first-order valence-corrected chi connectivity index (χ1v) is 8.77. The van der Waals surface area contributed by atoms with E-state index in [9.17, 15) is 0 Å². The lowest BCUT2D eigenvalue weighted by molar-refractivity contribution is 0.153. The predicted octanol–water partition coefficient (Wildman–Crippen LogP) is 3.49. The van der Waals surface area contributed by atoms with Crippen LogP contribution in [0, 0.1) is 5.41 Å². The number of aliphatic imine (C=N–C) groups is 1. The Balaban J connectivity index is 2.22. The maximum absolute atomic E-state index is 5.33. The van der Waals surface area contributed by atoms with E-state index < -0.39 is 0 Å². The first-order valence-electron chi connectivity index (χ1n) is 8.77. The SMILES string of the molecule is CCCCCC(C)(C)CNC(=NC)NCCC1=CCOCC1. The Labute approximate surface area is 136 Å². The molecule has 0 atom stereocenters. The molecule has 0 saturated carbocycles. The van der Waals surface area contributed by atoms with Crippen molar-refractivity contribution in [1.82, 2.24) is 10.6 Å². The van der Waals surface area contributed by atoms with Gasteiger partial charge in [0, 0.05) is 20.1 Å². The van der Waals surface area contributed by atoms with E-state index in [1.165, 1.54) is 31.3 Å². The van der Waals surface area contributed by atoms with Gasteiger partial charge in [-0.15, -0.1) is 0 Å². The highest BCUT2D eigenvalue weighted by atomic mass is 16.5. The summed E-state index contributed by atoms with van der Waals surface area (Å²) in [5.74, 6) is 0.913. The molecular formula is C18H35N3O. The van der Waals surface area contributed by atoms with Crippen LogP contribution in [0.15, 0.2) is 16.6 Å². The lowest BCUT2D eigenvalue weighted by Crippen LogP contribution is -2.42. The summed E-state index contributed by atoms with van der Waals surface area (Å²) in [4.78, 5) is 4.32. The van der Waals surface area contributed by atoms with Crippen LogP contribution >= 0.6 is 0 Å². The van der Waals surface area contributed by atoms with Crippen molar-refractivity contribution in [3.63, 3.8) is 0 Å². The summed E-state index contributed by atoms with van der Waals surface area (Å²) >= 11 is 0. The van der Waals surface area contributed by atoms with E-state index in [2.05, 4.69) is 42.5 Å². The predicted molar refractivity (Wildman–Crippen MR) is 95.4 cm³/mol. The smallest absolute Gasteiger partial charge is 0.191 e. The average molecular weight is 309 g/mol. The number of nitrogens with zero attached hydrogens (tertiary/aromatic N) is 1. The molecule has 128 valence electrons. The van der Waals surface area contributed by atoms with Crippen molar-refractivity contribution >= 4 is 5.96 Å². The summed E-state index contributed by atoms with van der Waals surface area (Å²) in [7, 11) is 1.84. The molecule has 0 saturated heterocycles. The van der Waals surface area contributed by atoms with E-state index >= 15 is 0 Å². The maximum atomic E-state index is 5.33. The molecule has 0 amide bonds. The van der Waals surface area contributed by atoms with Crippen molar-refractivity contribution in [3.8, 4) is 0 Å². The number of nitrogens with one attached hydrogen (secondary N) is 2. The molecule has 2 N–H and O–H groups in total. The minimum Gasteiger partial charge on any atom is -0.377 e. The number of hydrogen-bond acceptors (Lipinski definition) is 2. The third kappa shape index (κ3) is 8.42. The van der Waals surface area contributed by atoms with E-state index in [-0.39, 0.29) is 0 Å². The number of hydrogen-bond donors (Lipinski definition) is 2. The molecular weight excluding hydrogens is 274 g/mol. The molecule has 0 radical (unpaired) electrons. The summed E-state index contributed by atoms with van der Waals surface area (Å²) < 4.78 is 5.33. The van der Waals surface area contributed by atoms with Crippen molar-refractivity contribution in [1.29, 1.82) is 0 Å². The number of rotatable bonds is 9. The molecule has 0 aromatic heterocycles. The summed E-state index contributed by atoms with van der Waals surface area (Å²) in [6.07, 6.45) is 9.54. The highest BCUT2D eigenvalue weighted by Crippen LogP contribution is 2.22. The van der Waals surface area contributed by atoms with Crippen molar-refractivity contribution in [2.75, 3.05) is 33.4 Å². The van der Waals surface area contributed by atoms with Crippen LogP contribution < -0.4 is 10.6 Å². The van der Waals surface area contributed by atoms with Gasteiger partial charge < -0.3 is 15.4 Å². The number of unbranched alkanes of at least 4 members (excludes halogenated alkanes) is 2. The fraction of sp³-hybridized carbons (Fsp3) is 0.833. The first kappa shape index (κ1) is 19.0. The van der Waals surface area contributed by atoms with Crippen molar-refractivity contribution < 1.29 is 4.74 Å². The molecule has 4 nitrogen and oxygen atoms in total. The van der Waals surface area contributed by atoms with E-state index in [0.29, 0.717) is 5.41 Å². The van der Waals surface area contributed by atoms with Crippen LogP contribution in [-0.2, 0) is 4.74 Å². The highest BCUT2D eigenvalue weighted by Gasteiger charge is 2.17. The van der Waals surface area contributed by atoms with E-state index in [0.717, 1.165) is 45.1 Å². The van der Waals surface area contributed by atoms with Gasteiger partial charge in [0.15, 0.2) is 5.96 Å². The second-order valence-corrected chi connectivity index (χ2v) is 6.91. The lowest BCUT2D eigenvalue weighted by atomic mass is 9.87. The molecule has 1 aliphatic rings. The third-order valence-corrected chi connectivity index (χ3v) is 4.21. The molecule has 0 aliphatic carbocycles. The Morgan fingerprint density at radius 3 is 2.77 bits per heavy atom. The number of guanidine groups is 1. The molecule has 1 rings (SSSR count). The fourth-order valence-electron chi connectivity index (χ4n) is 2.62. The number of ether oxygens (including phenoxy) is 1. The fourth-order valence-corrected chi connectivity index (χ4v) is 2.62. The maximum Gasteiger partial charge on any atom is 0.191 e. The van der Waals surface area contributed by atoms with Gasteiger partial charge in [-0.1, -0.05) is 51.7 Å². The molecule has 0 aromatic rings. The Bertz CT molecular complexity index is 361. The summed E-state index contributed by atoms with van der Waals surface area (Å²) in [6.45, 7) is 10.4. The van der Waals surface area contributed by atoms with Gasteiger partial charge in [0.1, 0.15) is 0 Å². The van der Waals surface area contributed by atoms with Crippen LogP contribution in [0.4, 0.5) is 0 Å². The van der Waals surface area contributed by atoms with Gasteiger partial charge in [0.05, 0.1) is 13.2 Å². The van der Waals surface area contributed by atoms with Gasteiger partial charge in [-0.05, 0) is 24.7 Å². The standard InChI is InChI=1S/C18H35N3O/c1-5-6-7-11-18(2,3)15-21-17(19-4)20-12-8-16-9-13-22-14-10-16/h9H,5-8,10-15H2,1-4H3,(H2,19,20,21). The molecule has 0 spiro atoms. The minimum absolute atomic E-state index is 0.316. The Hall–Kier alpha value is -1.03. The zero-order valence-electron chi connectivity index (χ0n) is 15.0. The van der Waals surface area contributed by atoms with Crippen molar-refractivity contribution in [2.24, 2.45) is 10.4 Å². The summed E-state index contributed by atoms with van der Waals surface area (Å²) in [5, 5.41) is 6.88. The van der Waals surface area contributed by atoms with Gasteiger partial charge in [0.2, 0.25) is 0 Å². The van der Waals surface area contributed by atoms with Crippen LogP contribution in [-0.4, -0.2) is 39.3 Å². The van der Waals surface area contributed by atoms with Gasteiger partial charge in [0.25, 0.3) is 0 Å². The Morgan fingerprint density at radius 1 is 1.32 bits per heavy atom. The molecule has 1 aliphatic heterocycles. The zero-order chi connectivity index (χ0) is 16.3. The average Bonchev–Trinajstić information content (AvgIpc) is 2.52. The zero-order valence-corrected chi connectivity index (χ0v) is 15.0. The topological polar surface area (TPSA) is 45.7 Å². The van der Waals surface area contributed by atoms with Gasteiger partial charge in [-0.25, -0.2) is 0 Å². The van der Waals surface area contributed by atoms with Gasteiger partial charge >= 0.3 is 0 Å². The molecule has 22 heavy (non-hydrogen) atoms. The quantitative estimate of drug-likeness (QED) is 0.296. The van der Waals surface area contributed by atoms with E-state index in [1.54, 1.807) is 0 Å². The second-order valence-electron chi connectivity index (χ2n) is 6.91. The summed E-state index contributed by atoms with van der Waals surface area (Å²) in [5.41, 5.74) is 1.81. The first-order chi connectivity index (χ1) is 10.6. The second kappa shape index (κ2) is 10.7.